The van der Waals surface area contributed by atoms with Crippen molar-refractivity contribution in [2.45, 2.75) is 13.3 Å². The summed E-state index contributed by atoms with van der Waals surface area (Å²) in [5, 5.41) is 5.37. The van der Waals surface area contributed by atoms with E-state index in [2.05, 4.69) is 10.6 Å². The van der Waals surface area contributed by atoms with Crippen LogP contribution in [0.5, 0.6) is 11.5 Å². The van der Waals surface area contributed by atoms with Crippen molar-refractivity contribution in [1.29, 1.82) is 0 Å². The SMILES string of the molecule is Cc1ccccc1CC(=O)NCC(=O)Nc1ccc2c(c1)OCCO2. The Labute approximate surface area is 146 Å². The molecule has 0 bridgehead atoms. The number of ether oxygens (including phenoxy) is 2. The first-order valence-electron chi connectivity index (χ1n) is 8.12. The molecule has 0 aromatic heterocycles. The molecule has 0 saturated carbocycles. The number of aryl methyl sites for hydroxylation is 1. The number of carbonyl (C=O) groups excluding carboxylic acids is 2. The van der Waals surface area contributed by atoms with Crippen molar-refractivity contribution in [3.63, 3.8) is 0 Å². The highest BCUT2D eigenvalue weighted by Gasteiger charge is 2.13. The first-order valence-corrected chi connectivity index (χ1v) is 8.12. The highest BCUT2D eigenvalue weighted by atomic mass is 16.6. The summed E-state index contributed by atoms with van der Waals surface area (Å²) in [5.41, 5.74) is 2.60. The van der Waals surface area contributed by atoms with Gasteiger partial charge in [-0.1, -0.05) is 24.3 Å². The zero-order chi connectivity index (χ0) is 17.6. The number of fused-ring (bicyclic) bond motifs is 1. The number of anilines is 1. The molecule has 0 aliphatic carbocycles. The molecule has 0 spiro atoms. The Morgan fingerprint density at radius 3 is 2.56 bits per heavy atom. The Balaban J connectivity index is 1.49. The van der Waals surface area contributed by atoms with Crippen molar-refractivity contribution in [2.75, 3.05) is 25.1 Å². The Morgan fingerprint density at radius 2 is 1.76 bits per heavy atom. The van der Waals surface area contributed by atoms with E-state index in [1.807, 2.05) is 31.2 Å². The third kappa shape index (κ3) is 4.50. The van der Waals surface area contributed by atoms with Gasteiger partial charge in [-0.15, -0.1) is 0 Å². The first-order chi connectivity index (χ1) is 12.1. The van der Waals surface area contributed by atoms with Gasteiger partial charge in [-0.25, -0.2) is 0 Å². The third-order valence-electron chi connectivity index (χ3n) is 3.88. The van der Waals surface area contributed by atoms with E-state index in [0.717, 1.165) is 11.1 Å². The van der Waals surface area contributed by atoms with Crippen molar-refractivity contribution in [3.8, 4) is 11.5 Å². The predicted molar refractivity (Wildman–Crippen MR) is 94.0 cm³/mol. The number of nitrogens with one attached hydrogen (secondary N) is 2. The van der Waals surface area contributed by atoms with Gasteiger partial charge in [-0.05, 0) is 30.2 Å². The van der Waals surface area contributed by atoms with E-state index in [9.17, 15) is 9.59 Å². The number of benzene rings is 2. The number of hydrogen-bond donors (Lipinski definition) is 2. The maximum absolute atomic E-state index is 12.0. The van der Waals surface area contributed by atoms with Gasteiger partial charge in [-0.3, -0.25) is 9.59 Å². The second-order valence-electron chi connectivity index (χ2n) is 5.79. The molecule has 0 saturated heterocycles. The standard InChI is InChI=1S/C19H20N2O4/c1-13-4-2-3-5-14(13)10-18(22)20-12-19(23)21-15-6-7-16-17(11-15)25-9-8-24-16/h2-7,11H,8-10,12H2,1H3,(H,20,22)(H,21,23). The van der Waals surface area contributed by atoms with Crippen molar-refractivity contribution in [2.24, 2.45) is 0 Å². The Hall–Kier alpha value is -3.02. The van der Waals surface area contributed by atoms with E-state index >= 15 is 0 Å². The lowest BCUT2D eigenvalue weighted by Gasteiger charge is -2.19. The van der Waals surface area contributed by atoms with Crippen LogP contribution in [0.1, 0.15) is 11.1 Å². The van der Waals surface area contributed by atoms with Gasteiger partial charge in [0.25, 0.3) is 0 Å². The molecule has 0 radical (unpaired) electrons. The summed E-state index contributed by atoms with van der Waals surface area (Å²) in [6, 6.07) is 12.9. The van der Waals surface area contributed by atoms with E-state index in [-0.39, 0.29) is 24.8 Å². The van der Waals surface area contributed by atoms with Crippen LogP contribution < -0.4 is 20.1 Å². The molecule has 2 N–H and O–H groups in total. The molecule has 0 fully saturated rings. The Bertz CT molecular complexity index is 789. The largest absolute Gasteiger partial charge is 0.486 e. The molecule has 6 heteroatoms. The van der Waals surface area contributed by atoms with E-state index in [4.69, 9.17) is 9.47 Å². The van der Waals surface area contributed by atoms with Gasteiger partial charge >= 0.3 is 0 Å². The van der Waals surface area contributed by atoms with Gasteiger partial charge in [0.05, 0.1) is 13.0 Å². The molecule has 3 rings (SSSR count). The van der Waals surface area contributed by atoms with Crippen molar-refractivity contribution >= 4 is 17.5 Å². The van der Waals surface area contributed by atoms with Crippen LogP contribution in [-0.2, 0) is 16.0 Å². The fourth-order valence-electron chi connectivity index (χ4n) is 2.55. The van der Waals surface area contributed by atoms with E-state index in [1.165, 1.54) is 0 Å². The minimum atomic E-state index is -0.296. The summed E-state index contributed by atoms with van der Waals surface area (Å²) in [6.07, 6.45) is 0.254. The Morgan fingerprint density at radius 1 is 1.00 bits per heavy atom. The molecule has 6 nitrogen and oxygen atoms in total. The summed E-state index contributed by atoms with van der Waals surface area (Å²) >= 11 is 0. The molecule has 0 unspecified atom stereocenters. The van der Waals surface area contributed by atoms with Gasteiger partial charge in [0.2, 0.25) is 11.8 Å². The zero-order valence-electron chi connectivity index (χ0n) is 14.0. The minimum Gasteiger partial charge on any atom is -0.486 e. The van der Waals surface area contributed by atoms with Gasteiger partial charge < -0.3 is 20.1 Å². The fraction of sp³-hybridized carbons (Fsp3) is 0.263. The molecule has 2 aromatic rings. The Kier molecular flexibility index (Phi) is 5.18. The lowest BCUT2D eigenvalue weighted by Crippen LogP contribution is -2.33. The van der Waals surface area contributed by atoms with Crippen molar-refractivity contribution in [1.82, 2.24) is 5.32 Å². The number of hydrogen-bond acceptors (Lipinski definition) is 4. The second-order valence-corrected chi connectivity index (χ2v) is 5.79. The van der Waals surface area contributed by atoms with Crippen molar-refractivity contribution in [3.05, 3.63) is 53.6 Å². The molecule has 25 heavy (non-hydrogen) atoms. The van der Waals surface area contributed by atoms with Crippen LogP contribution in [0.25, 0.3) is 0 Å². The van der Waals surface area contributed by atoms with Crippen LogP contribution in [0.2, 0.25) is 0 Å². The molecule has 1 heterocycles. The average molecular weight is 340 g/mol. The first kappa shape index (κ1) is 16.8. The molecule has 0 atom stereocenters. The fourth-order valence-corrected chi connectivity index (χ4v) is 2.55. The monoisotopic (exact) mass is 340 g/mol. The third-order valence-corrected chi connectivity index (χ3v) is 3.88. The second kappa shape index (κ2) is 7.70. The average Bonchev–Trinajstić information content (AvgIpc) is 2.62. The smallest absolute Gasteiger partial charge is 0.243 e. The molecule has 2 aromatic carbocycles. The number of amides is 2. The molecular formula is C19H20N2O4. The van der Waals surface area contributed by atoms with Gasteiger partial charge in [0, 0.05) is 11.8 Å². The summed E-state index contributed by atoms with van der Waals surface area (Å²) in [6.45, 7) is 2.88. The molecule has 130 valence electrons. The number of carbonyl (C=O) groups is 2. The van der Waals surface area contributed by atoms with Crippen LogP contribution >= 0.6 is 0 Å². The van der Waals surface area contributed by atoms with Crippen LogP contribution in [0.3, 0.4) is 0 Å². The van der Waals surface area contributed by atoms with E-state index in [1.54, 1.807) is 18.2 Å². The minimum absolute atomic E-state index is 0.0842. The summed E-state index contributed by atoms with van der Waals surface area (Å²) < 4.78 is 10.9. The summed E-state index contributed by atoms with van der Waals surface area (Å²) in [4.78, 5) is 24.0. The maximum atomic E-state index is 12.0. The van der Waals surface area contributed by atoms with E-state index in [0.29, 0.717) is 30.4 Å². The van der Waals surface area contributed by atoms with Gasteiger partial charge in [-0.2, -0.15) is 0 Å². The van der Waals surface area contributed by atoms with Crippen LogP contribution in [0, 0.1) is 6.92 Å². The summed E-state index contributed by atoms with van der Waals surface area (Å²) in [5.74, 6) is 0.782. The van der Waals surface area contributed by atoms with Gasteiger partial charge in [0.1, 0.15) is 13.2 Å². The van der Waals surface area contributed by atoms with Gasteiger partial charge in [0.15, 0.2) is 11.5 Å². The highest BCUT2D eigenvalue weighted by Crippen LogP contribution is 2.32. The molecule has 2 amide bonds. The molecule has 1 aliphatic rings. The number of rotatable bonds is 5. The normalized spacial score (nSPS) is 12.4. The quantitative estimate of drug-likeness (QED) is 0.873. The summed E-state index contributed by atoms with van der Waals surface area (Å²) in [7, 11) is 0. The maximum Gasteiger partial charge on any atom is 0.243 e. The van der Waals surface area contributed by atoms with Crippen LogP contribution in [-0.4, -0.2) is 31.6 Å². The zero-order valence-corrected chi connectivity index (χ0v) is 14.0. The topological polar surface area (TPSA) is 76.7 Å². The lowest BCUT2D eigenvalue weighted by molar-refractivity contribution is -0.123. The predicted octanol–water partition coefficient (Wildman–Crippen LogP) is 2.06. The van der Waals surface area contributed by atoms with Crippen LogP contribution in [0.15, 0.2) is 42.5 Å². The lowest BCUT2D eigenvalue weighted by atomic mass is 10.1. The van der Waals surface area contributed by atoms with E-state index < -0.39 is 0 Å². The van der Waals surface area contributed by atoms with Crippen LogP contribution in [0.4, 0.5) is 5.69 Å². The molecule has 1 aliphatic heterocycles. The van der Waals surface area contributed by atoms with Crippen molar-refractivity contribution < 1.29 is 19.1 Å². The highest BCUT2D eigenvalue weighted by molar-refractivity contribution is 5.95. The molecular weight excluding hydrogens is 320 g/mol.